The number of nitrogens with zero attached hydrogens (tertiary/aromatic N) is 2. The number of rotatable bonds is 3. The summed E-state index contributed by atoms with van der Waals surface area (Å²) in [5.74, 6) is -1.06. The van der Waals surface area contributed by atoms with Gasteiger partial charge in [0.2, 0.25) is 0 Å². The molecule has 1 aliphatic heterocycles. The summed E-state index contributed by atoms with van der Waals surface area (Å²) in [7, 11) is 0. The molecular formula is C16H15ClN2O3. The maximum absolute atomic E-state index is 12.8. The van der Waals surface area contributed by atoms with Crippen LogP contribution in [-0.2, 0) is 4.79 Å². The molecule has 114 valence electrons. The summed E-state index contributed by atoms with van der Waals surface area (Å²) < 4.78 is 0. The summed E-state index contributed by atoms with van der Waals surface area (Å²) in [5, 5.41) is 10.3. The van der Waals surface area contributed by atoms with E-state index < -0.39 is 5.97 Å². The van der Waals surface area contributed by atoms with Crippen molar-refractivity contribution in [1.29, 1.82) is 0 Å². The van der Waals surface area contributed by atoms with Gasteiger partial charge < -0.3 is 10.0 Å². The van der Waals surface area contributed by atoms with E-state index in [-0.39, 0.29) is 18.4 Å². The molecule has 1 aromatic carbocycles. The molecule has 0 aliphatic carbocycles. The zero-order chi connectivity index (χ0) is 15.7. The summed E-state index contributed by atoms with van der Waals surface area (Å²) in [6.45, 7) is 0.577. The highest BCUT2D eigenvalue weighted by Gasteiger charge is 2.31. The van der Waals surface area contributed by atoms with Crippen molar-refractivity contribution in [3.05, 3.63) is 41.0 Å². The van der Waals surface area contributed by atoms with Crippen LogP contribution >= 0.6 is 11.6 Å². The second kappa shape index (κ2) is 5.93. The first-order valence-corrected chi connectivity index (χ1v) is 7.51. The average molecular weight is 319 g/mol. The molecule has 3 rings (SSSR count). The van der Waals surface area contributed by atoms with Gasteiger partial charge in [0, 0.05) is 24.2 Å². The fourth-order valence-corrected chi connectivity index (χ4v) is 3.20. The molecule has 6 heteroatoms. The molecule has 0 spiro atoms. The number of amides is 1. The van der Waals surface area contributed by atoms with Crippen LogP contribution in [0.15, 0.2) is 30.5 Å². The number of likely N-dealkylation sites (tertiary alicyclic amines) is 1. The number of benzene rings is 1. The largest absolute Gasteiger partial charge is 0.481 e. The predicted octanol–water partition coefficient (Wildman–Crippen LogP) is 2.97. The molecule has 22 heavy (non-hydrogen) atoms. The third kappa shape index (κ3) is 2.64. The van der Waals surface area contributed by atoms with Crippen LogP contribution in [0.5, 0.6) is 0 Å². The standard InChI is InChI=1S/C16H15ClN2O3/c17-13-6-5-12(15-11(13)4-1-7-18-15)16(22)19-8-2-3-10(19)9-14(20)21/h1,4-7,10H,2-3,8-9H2,(H,20,21). The van der Waals surface area contributed by atoms with Crippen molar-refractivity contribution in [2.75, 3.05) is 6.54 Å². The first kappa shape index (κ1) is 14.8. The molecule has 1 fully saturated rings. The van der Waals surface area contributed by atoms with E-state index in [4.69, 9.17) is 16.7 Å². The van der Waals surface area contributed by atoms with Crippen molar-refractivity contribution >= 4 is 34.4 Å². The molecule has 5 nitrogen and oxygen atoms in total. The van der Waals surface area contributed by atoms with E-state index in [0.717, 1.165) is 18.2 Å². The molecule has 2 heterocycles. The zero-order valence-electron chi connectivity index (χ0n) is 11.8. The second-order valence-electron chi connectivity index (χ2n) is 5.39. The number of pyridine rings is 1. The van der Waals surface area contributed by atoms with Gasteiger partial charge in [-0.25, -0.2) is 0 Å². The third-order valence-corrected chi connectivity index (χ3v) is 4.32. The lowest BCUT2D eigenvalue weighted by molar-refractivity contribution is -0.137. The highest BCUT2D eigenvalue weighted by atomic mass is 35.5. The number of carboxylic acids is 1. The molecular weight excluding hydrogens is 304 g/mol. The second-order valence-corrected chi connectivity index (χ2v) is 5.79. The zero-order valence-corrected chi connectivity index (χ0v) is 12.6. The van der Waals surface area contributed by atoms with Gasteiger partial charge in [0.1, 0.15) is 0 Å². The summed E-state index contributed by atoms with van der Waals surface area (Å²) >= 11 is 6.15. The number of hydrogen-bond acceptors (Lipinski definition) is 3. The van der Waals surface area contributed by atoms with Gasteiger partial charge in [-0.05, 0) is 37.1 Å². The van der Waals surface area contributed by atoms with Crippen LogP contribution in [0.4, 0.5) is 0 Å². The van der Waals surface area contributed by atoms with Gasteiger partial charge in [-0.2, -0.15) is 0 Å². The number of aliphatic carboxylic acids is 1. The normalized spacial score (nSPS) is 17.9. The van der Waals surface area contributed by atoms with E-state index in [1.807, 2.05) is 6.07 Å². The lowest BCUT2D eigenvalue weighted by atomic mass is 10.1. The number of halogens is 1. The first-order valence-electron chi connectivity index (χ1n) is 7.14. The van der Waals surface area contributed by atoms with Crippen molar-refractivity contribution < 1.29 is 14.7 Å². The van der Waals surface area contributed by atoms with E-state index >= 15 is 0 Å². The molecule has 1 aliphatic rings. The Morgan fingerprint density at radius 2 is 2.18 bits per heavy atom. The van der Waals surface area contributed by atoms with Crippen LogP contribution in [-0.4, -0.2) is 39.5 Å². The van der Waals surface area contributed by atoms with Crippen LogP contribution in [0.3, 0.4) is 0 Å². The van der Waals surface area contributed by atoms with Gasteiger partial charge in [-0.1, -0.05) is 11.6 Å². The molecule has 1 atom stereocenters. The van der Waals surface area contributed by atoms with Crippen molar-refractivity contribution in [3.8, 4) is 0 Å². The maximum atomic E-state index is 12.8. The monoisotopic (exact) mass is 318 g/mol. The SMILES string of the molecule is O=C(O)CC1CCCN1C(=O)c1ccc(Cl)c2cccnc12. The van der Waals surface area contributed by atoms with Crippen LogP contribution in [0.2, 0.25) is 5.02 Å². The van der Waals surface area contributed by atoms with E-state index in [9.17, 15) is 9.59 Å². The molecule has 0 saturated carbocycles. The molecule has 1 N–H and O–H groups in total. The molecule has 2 aromatic rings. The first-order chi connectivity index (χ1) is 10.6. The van der Waals surface area contributed by atoms with E-state index in [2.05, 4.69) is 4.98 Å². The minimum absolute atomic E-state index is 0.0231. The van der Waals surface area contributed by atoms with E-state index in [1.165, 1.54) is 0 Å². The van der Waals surface area contributed by atoms with Crippen LogP contribution < -0.4 is 0 Å². The lowest BCUT2D eigenvalue weighted by Crippen LogP contribution is -2.37. The van der Waals surface area contributed by atoms with Crippen LogP contribution in [0.1, 0.15) is 29.6 Å². The van der Waals surface area contributed by atoms with Crippen LogP contribution in [0, 0.1) is 0 Å². The van der Waals surface area contributed by atoms with Gasteiger partial charge in [0.25, 0.3) is 5.91 Å². The summed E-state index contributed by atoms with van der Waals surface area (Å²) in [6, 6.07) is 6.68. The average Bonchev–Trinajstić information content (AvgIpc) is 2.94. The molecule has 0 bridgehead atoms. The van der Waals surface area contributed by atoms with Crippen molar-refractivity contribution in [2.45, 2.75) is 25.3 Å². The van der Waals surface area contributed by atoms with Gasteiger partial charge in [-0.15, -0.1) is 0 Å². The molecule has 1 unspecified atom stereocenters. The minimum Gasteiger partial charge on any atom is -0.481 e. The Morgan fingerprint density at radius 3 is 2.95 bits per heavy atom. The Kier molecular flexibility index (Phi) is 3.98. The Hall–Kier alpha value is -2.14. The topological polar surface area (TPSA) is 70.5 Å². The van der Waals surface area contributed by atoms with Crippen molar-refractivity contribution in [2.24, 2.45) is 0 Å². The molecule has 1 aromatic heterocycles. The van der Waals surface area contributed by atoms with Crippen molar-refractivity contribution in [3.63, 3.8) is 0 Å². The number of carboxylic acid groups (broad SMARTS) is 1. The Morgan fingerprint density at radius 1 is 1.36 bits per heavy atom. The van der Waals surface area contributed by atoms with Crippen molar-refractivity contribution in [1.82, 2.24) is 9.88 Å². The van der Waals surface area contributed by atoms with Gasteiger partial charge in [0.05, 0.1) is 22.5 Å². The maximum Gasteiger partial charge on any atom is 0.305 e. The molecule has 0 radical (unpaired) electrons. The predicted molar refractivity (Wildman–Crippen MR) is 83.1 cm³/mol. The summed E-state index contributed by atoms with van der Waals surface area (Å²) in [6.07, 6.45) is 3.14. The highest BCUT2D eigenvalue weighted by molar-refractivity contribution is 6.36. The fourth-order valence-electron chi connectivity index (χ4n) is 2.98. The summed E-state index contributed by atoms with van der Waals surface area (Å²) in [5.41, 5.74) is 1.03. The number of carbonyl (C=O) groups is 2. The number of carbonyl (C=O) groups excluding carboxylic acids is 1. The number of fused-ring (bicyclic) bond motifs is 1. The van der Waals surface area contributed by atoms with Gasteiger partial charge in [-0.3, -0.25) is 14.6 Å². The third-order valence-electron chi connectivity index (χ3n) is 4.00. The smallest absolute Gasteiger partial charge is 0.305 e. The van der Waals surface area contributed by atoms with Gasteiger partial charge in [0.15, 0.2) is 0 Å². The lowest BCUT2D eigenvalue weighted by Gasteiger charge is -2.24. The number of hydrogen-bond donors (Lipinski definition) is 1. The van der Waals surface area contributed by atoms with E-state index in [1.54, 1.807) is 29.3 Å². The quantitative estimate of drug-likeness (QED) is 0.944. The fraction of sp³-hybridized carbons (Fsp3) is 0.312. The molecule has 1 saturated heterocycles. The van der Waals surface area contributed by atoms with Gasteiger partial charge >= 0.3 is 5.97 Å². The highest BCUT2D eigenvalue weighted by Crippen LogP contribution is 2.28. The van der Waals surface area contributed by atoms with E-state index in [0.29, 0.717) is 22.6 Å². The molecule has 1 amide bonds. The Balaban J connectivity index is 1.99. The Bertz CT molecular complexity index is 747. The minimum atomic E-state index is -0.885. The Labute approximate surface area is 132 Å². The number of aromatic nitrogens is 1. The summed E-state index contributed by atoms with van der Waals surface area (Å²) in [4.78, 5) is 29.7. The van der Waals surface area contributed by atoms with Crippen LogP contribution in [0.25, 0.3) is 10.9 Å².